The second-order valence-electron chi connectivity index (χ2n) is 5.07. The van der Waals surface area contributed by atoms with Crippen molar-refractivity contribution in [3.8, 4) is 0 Å². The summed E-state index contributed by atoms with van der Waals surface area (Å²) in [6.45, 7) is 1.35. The first-order valence-electron chi connectivity index (χ1n) is 6.85. The van der Waals surface area contributed by atoms with Gasteiger partial charge in [-0.2, -0.15) is 0 Å². The van der Waals surface area contributed by atoms with Gasteiger partial charge in [-0.05, 0) is 6.07 Å². The van der Waals surface area contributed by atoms with E-state index in [1.807, 2.05) is 22.4 Å². The molecule has 1 aromatic carbocycles. The van der Waals surface area contributed by atoms with E-state index in [-0.39, 0.29) is 6.03 Å². The molecule has 0 saturated heterocycles. The monoisotopic (exact) mass is 298 g/mol. The summed E-state index contributed by atoms with van der Waals surface area (Å²) < 4.78 is 0. The molecule has 2 aromatic heterocycles. The molecular formula is C15H14N4OS. The maximum absolute atomic E-state index is 12.3. The molecule has 0 fully saturated rings. The van der Waals surface area contributed by atoms with Crippen LogP contribution in [0.1, 0.15) is 11.3 Å². The van der Waals surface area contributed by atoms with Crippen molar-refractivity contribution in [1.29, 1.82) is 0 Å². The lowest BCUT2D eigenvalue weighted by atomic mass is 10.1. The summed E-state index contributed by atoms with van der Waals surface area (Å²) in [5.74, 6) is 0. The molecule has 3 aromatic rings. The molecule has 1 aliphatic heterocycles. The minimum atomic E-state index is -0.0825. The van der Waals surface area contributed by atoms with Gasteiger partial charge in [0.2, 0.25) is 0 Å². The van der Waals surface area contributed by atoms with Gasteiger partial charge in [0, 0.05) is 53.2 Å². The maximum atomic E-state index is 12.3. The molecule has 2 amide bonds. The van der Waals surface area contributed by atoms with Crippen LogP contribution in [-0.4, -0.2) is 27.4 Å². The van der Waals surface area contributed by atoms with Crippen molar-refractivity contribution < 1.29 is 4.79 Å². The highest BCUT2D eigenvalue weighted by atomic mass is 32.1. The van der Waals surface area contributed by atoms with Gasteiger partial charge in [0.1, 0.15) is 0 Å². The molecule has 3 heterocycles. The van der Waals surface area contributed by atoms with Crippen LogP contribution in [0.5, 0.6) is 0 Å². The molecule has 1 aliphatic rings. The van der Waals surface area contributed by atoms with Crippen LogP contribution in [0.15, 0.2) is 35.8 Å². The minimum absolute atomic E-state index is 0.0825. The van der Waals surface area contributed by atoms with Crippen molar-refractivity contribution in [3.63, 3.8) is 0 Å². The van der Waals surface area contributed by atoms with Gasteiger partial charge in [-0.25, -0.2) is 9.78 Å². The average Bonchev–Trinajstić information content (AvgIpc) is 3.13. The number of aromatic nitrogens is 2. The number of H-pyrrole nitrogens is 1. The predicted octanol–water partition coefficient (Wildman–Crippen LogP) is 3.21. The Hall–Kier alpha value is -2.34. The molecule has 0 unspecified atom stereocenters. The highest BCUT2D eigenvalue weighted by Gasteiger charge is 2.24. The topological polar surface area (TPSA) is 61.0 Å². The number of urea groups is 1. The first-order chi connectivity index (χ1) is 10.3. The van der Waals surface area contributed by atoms with Gasteiger partial charge in [0.15, 0.2) is 5.13 Å². The molecule has 0 bridgehead atoms. The number of hydrogen-bond donors (Lipinski definition) is 2. The van der Waals surface area contributed by atoms with E-state index in [9.17, 15) is 4.79 Å². The number of hydrogen-bond acceptors (Lipinski definition) is 3. The van der Waals surface area contributed by atoms with Crippen molar-refractivity contribution >= 4 is 33.4 Å². The van der Waals surface area contributed by atoms with Gasteiger partial charge in [-0.1, -0.05) is 18.2 Å². The molecule has 5 nitrogen and oxygen atoms in total. The lowest BCUT2D eigenvalue weighted by molar-refractivity contribution is 0.206. The summed E-state index contributed by atoms with van der Waals surface area (Å²) in [5, 5.41) is 6.55. The predicted molar refractivity (Wildman–Crippen MR) is 83.5 cm³/mol. The Balaban J connectivity index is 1.59. The second kappa shape index (κ2) is 4.89. The normalized spacial score (nSPS) is 14.2. The smallest absolute Gasteiger partial charge is 0.323 e. The number of anilines is 1. The van der Waals surface area contributed by atoms with Gasteiger partial charge >= 0.3 is 6.03 Å². The molecule has 6 heteroatoms. The number of thiazole rings is 1. The third-order valence-electron chi connectivity index (χ3n) is 3.82. The summed E-state index contributed by atoms with van der Waals surface area (Å²) in [6.07, 6.45) is 2.55. The maximum Gasteiger partial charge on any atom is 0.323 e. The number of aromatic amines is 1. The third-order valence-corrected chi connectivity index (χ3v) is 4.50. The molecule has 106 valence electrons. The number of carbonyl (C=O) groups excluding carboxylic acids is 1. The molecule has 0 saturated carbocycles. The highest BCUT2D eigenvalue weighted by Crippen LogP contribution is 2.27. The second-order valence-corrected chi connectivity index (χ2v) is 5.96. The number of amides is 2. The zero-order valence-electron chi connectivity index (χ0n) is 11.3. The van der Waals surface area contributed by atoms with Crippen LogP contribution in [0.4, 0.5) is 9.93 Å². The zero-order chi connectivity index (χ0) is 14.2. The highest BCUT2D eigenvalue weighted by molar-refractivity contribution is 7.13. The Morgan fingerprint density at radius 3 is 3.14 bits per heavy atom. The Kier molecular flexibility index (Phi) is 2.89. The van der Waals surface area contributed by atoms with Crippen molar-refractivity contribution in [2.45, 2.75) is 13.0 Å². The van der Waals surface area contributed by atoms with Gasteiger partial charge in [-0.3, -0.25) is 5.32 Å². The van der Waals surface area contributed by atoms with Crippen LogP contribution < -0.4 is 5.32 Å². The van der Waals surface area contributed by atoms with E-state index in [0.29, 0.717) is 11.7 Å². The van der Waals surface area contributed by atoms with E-state index < -0.39 is 0 Å². The molecule has 0 aliphatic carbocycles. The first-order valence-corrected chi connectivity index (χ1v) is 7.73. The van der Waals surface area contributed by atoms with Crippen LogP contribution in [0, 0.1) is 0 Å². The Morgan fingerprint density at radius 2 is 2.29 bits per heavy atom. The summed E-state index contributed by atoms with van der Waals surface area (Å²) >= 11 is 1.43. The summed E-state index contributed by atoms with van der Waals surface area (Å²) in [6, 6.07) is 8.16. The molecule has 0 spiro atoms. The van der Waals surface area contributed by atoms with E-state index in [2.05, 4.69) is 27.4 Å². The summed E-state index contributed by atoms with van der Waals surface area (Å²) in [5.41, 5.74) is 3.62. The van der Waals surface area contributed by atoms with Crippen molar-refractivity contribution in [3.05, 3.63) is 47.1 Å². The van der Waals surface area contributed by atoms with E-state index in [1.165, 1.54) is 28.0 Å². The number of rotatable bonds is 1. The number of carbonyl (C=O) groups is 1. The average molecular weight is 298 g/mol. The van der Waals surface area contributed by atoms with Crippen LogP contribution in [-0.2, 0) is 13.0 Å². The minimum Gasteiger partial charge on any atom is -0.358 e. The van der Waals surface area contributed by atoms with Crippen LogP contribution in [0.2, 0.25) is 0 Å². The Morgan fingerprint density at radius 1 is 1.38 bits per heavy atom. The van der Waals surface area contributed by atoms with Gasteiger partial charge in [-0.15, -0.1) is 11.3 Å². The lowest BCUT2D eigenvalue weighted by Gasteiger charge is -2.27. The molecule has 4 rings (SSSR count). The fourth-order valence-corrected chi connectivity index (χ4v) is 3.31. The fourth-order valence-electron chi connectivity index (χ4n) is 2.80. The summed E-state index contributed by atoms with van der Waals surface area (Å²) in [7, 11) is 0. The van der Waals surface area contributed by atoms with Crippen LogP contribution >= 0.6 is 11.3 Å². The SMILES string of the molecule is O=C(Nc1nccs1)N1CCc2[nH]c3ccccc3c2C1. The van der Waals surface area contributed by atoms with E-state index in [0.717, 1.165) is 18.5 Å². The first kappa shape index (κ1) is 12.4. The Bertz CT molecular complexity index is 793. The number of benzene rings is 1. The van der Waals surface area contributed by atoms with Crippen molar-refractivity contribution in [2.24, 2.45) is 0 Å². The molecule has 21 heavy (non-hydrogen) atoms. The molecule has 2 N–H and O–H groups in total. The quantitative estimate of drug-likeness (QED) is 0.724. The number of para-hydroxylation sites is 1. The van der Waals surface area contributed by atoms with Gasteiger partial charge < -0.3 is 9.88 Å². The zero-order valence-corrected chi connectivity index (χ0v) is 12.1. The number of nitrogens with zero attached hydrogens (tertiary/aromatic N) is 2. The lowest BCUT2D eigenvalue weighted by Crippen LogP contribution is -2.38. The fraction of sp³-hybridized carbons (Fsp3) is 0.200. The Labute approximate surface area is 125 Å². The van der Waals surface area contributed by atoms with E-state index in [4.69, 9.17) is 0 Å². The van der Waals surface area contributed by atoms with Crippen LogP contribution in [0.25, 0.3) is 10.9 Å². The van der Waals surface area contributed by atoms with Crippen molar-refractivity contribution in [1.82, 2.24) is 14.9 Å². The number of fused-ring (bicyclic) bond motifs is 3. The van der Waals surface area contributed by atoms with Gasteiger partial charge in [0.05, 0.1) is 0 Å². The molecular weight excluding hydrogens is 284 g/mol. The van der Waals surface area contributed by atoms with Crippen molar-refractivity contribution in [2.75, 3.05) is 11.9 Å². The van der Waals surface area contributed by atoms with Gasteiger partial charge in [0.25, 0.3) is 0 Å². The summed E-state index contributed by atoms with van der Waals surface area (Å²) in [4.78, 5) is 21.7. The molecule has 0 atom stereocenters. The van der Waals surface area contributed by atoms with Crippen LogP contribution in [0.3, 0.4) is 0 Å². The largest absolute Gasteiger partial charge is 0.358 e. The third kappa shape index (κ3) is 2.17. The van der Waals surface area contributed by atoms with E-state index in [1.54, 1.807) is 6.20 Å². The van der Waals surface area contributed by atoms with E-state index >= 15 is 0 Å². The number of nitrogens with one attached hydrogen (secondary N) is 2. The molecule has 0 radical (unpaired) electrons. The standard InChI is InChI=1S/C15H14N4OS/c20-15(18-14-16-6-8-21-14)19-7-5-13-11(9-19)10-3-1-2-4-12(10)17-13/h1-4,6,8,17H,5,7,9H2,(H,16,18,20).